The number of sulfonamides is 1. The van der Waals surface area contributed by atoms with E-state index in [1.54, 1.807) is 0 Å². The standard InChI is InChI=1S/C25H34N4O3S/c1-28-18-19-29(24(21-28)23-11-6-3-7-12-23)17-8-15-26-25(30)13-16-27-33(31,32)20-14-22-9-4-2-5-10-22/h2-7,9-12,14,20,24,27H,8,13,15-19,21H2,1H3,(H,26,30)/b20-14+. The van der Waals surface area contributed by atoms with Gasteiger partial charge in [-0.2, -0.15) is 0 Å². The minimum atomic E-state index is -3.57. The van der Waals surface area contributed by atoms with Gasteiger partial charge in [-0.1, -0.05) is 60.7 Å². The summed E-state index contributed by atoms with van der Waals surface area (Å²) in [5, 5.41) is 4.03. The van der Waals surface area contributed by atoms with Crippen LogP contribution in [0, 0.1) is 0 Å². The zero-order valence-corrected chi connectivity index (χ0v) is 20.0. The van der Waals surface area contributed by atoms with E-state index in [0.29, 0.717) is 12.6 Å². The zero-order chi connectivity index (χ0) is 23.5. The van der Waals surface area contributed by atoms with Gasteiger partial charge < -0.3 is 10.2 Å². The van der Waals surface area contributed by atoms with Gasteiger partial charge in [0, 0.05) is 57.1 Å². The molecule has 2 N–H and O–H groups in total. The van der Waals surface area contributed by atoms with Crippen molar-refractivity contribution in [2.24, 2.45) is 0 Å². The third-order valence-corrected chi connectivity index (χ3v) is 6.82. The van der Waals surface area contributed by atoms with E-state index in [1.165, 1.54) is 11.6 Å². The highest BCUT2D eigenvalue weighted by Gasteiger charge is 2.25. The second-order valence-corrected chi connectivity index (χ2v) is 9.98. The summed E-state index contributed by atoms with van der Waals surface area (Å²) in [5.41, 5.74) is 2.12. The topological polar surface area (TPSA) is 81.8 Å². The molecule has 0 aromatic heterocycles. The smallest absolute Gasteiger partial charge is 0.233 e. The lowest BCUT2D eigenvalue weighted by Gasteiger charge is -2.40. The first-order valence-corrected chi connectivity index (χ1v) is 12.9. The lowest BCUT2D eigenvalue weighted by molar-refractivity contribution is -0.120. The number of benzene rings is 2. The molecule has 7 nitrogen and oxygen atoms in total. The van der Waals surface area contributed by atoms with Crippen LogP contribution in [0.25, 0.3) is 6.08 Å². The van der Waals surface area contributed by atoms with E-state index >= 15 is 0 Å². The van der Waals surface area contributed by atoms with E-state index in [2.05, 4.69) is 51.2 Å². The summed E-state index contributed by atoms with van der Waals surface area (Å²) >= 11 is 0. The number of likely N-dealkylation sites (N-methyl/N-ethyl adjacent to an activating group) is 1. The number of rotatable bonds is 11. The highest BCUT2D eigenvalue weighted by atomic mass is 32.2. The second kappa shape index (κ2) is 12.6. The van der Waals surface area contributed by atoms with E-state index in [1.807, 2.05) is 36.4 Å². The SMILES string of the molecule is CN1CCN(CCCNC(=O)CCNS(=O)(=O)/C=C/c2ccccc2)C(c2ccccc2)C1. The second-order valence-electron chi connectivity index (χ2n) is 8.33. The Balaban J connectivity index is 1.35. The van der Waals surface area contributed by atoms with Gasteiger partial charge in [-0.15, -0.1) is 0 Å². The molecule has 3 rings (SSSR count). The molecule has 1 aliphatic heterocycles. The van der Waals surface area contributed by atoms with Crippen LogP contribution in [0.15, 0.2) is 66.1 Å². The molecule has 33 heavy (non-hydrogen) atoms. The van der Waals surface area contributed by atoms with Crippen LogP contribution in [-0.2, 0) is 14.8 Å². The van der Waals surface area contributed by atoms with Crippen LogP contribution in [0.4, 0.5) is 0 Å². The third kappa shape index (κ3) is 8.74. The highest BCUT2D eigenvalue weighted by Crippen LogP contribution is 2.24. The first kappa shape index (κ1) is 25.1. The molecule has 1 heterocycles. The van der Waals surface area contributed by atoms with Gasteiger partial charge in [0.15, 0.2) is 0 Å². The molecule has 8 heteroatoms. The Hall–Kier alpha value is -2.52. The van der Waals surface area contributed by atoms with Gasteiger partial charge in [-0.3, -0.25) is 9.69 Å². The fourth-order valence-corrected chi connectivity index (χ4v) is 4.72. The predicted molar refractivity (Wildman–Crippen MR) is 133 cm³/mol. The maximum Gasteiger partial charge on any atom is 0.233 e. The third-order valence-electron chi connectivity index (χ3n) is 5.72. The van der Waals surface area contributed by atoms with Crippen molar-refractivity contribution in [3.63, 3.8) is 0 Å². The number of carbonyl (C=O) groups is 1. The van der Waals surface area contributed by atoms with Crippen molar-refractivity contribution in [3.05, 3.63) is 77.2 Å². The first-order chi connectivity index (χ1) is 15.9. The number of nitrogens with zero attached hydrogens (tertiary/aromatic N) is 2. The van der Waals surface area contributed by atoms with E-state index < -0.39 is 10.0 Å². The van der Waals surface area contributed by atoms with E-state index in [-0.39, 0.29) is 18.9 Å². The monoisotopic (exact) mass is 470 g/mol. The molecule has 1 atom stereocenters. The van der Waals surface area contributed by atoms with Gasteiger partial charge in [0.1, 0.15) is 0 Å². The maximum absolute atomic E-state index is 12.1. The van der Waals surface area contributed by atoms with Crippen LogP contribution in [0.1, 0.15) is 30.0 Å². The lowest BCUT2D eigenvalue weighted by atomic mass is 10.0. The van der Waals surface area contributed by atoms with Gasteiger partial charge in [-0.05, 0) is 30.7 Å². The van der Waals surface area contributed by atoms with Gasteiger partial charge in [0.2, 0.25) is 15.9 Å². The van der Waals surface area contributed by atoms with Gasteiger partial charge in [0.05, 0.1) is 0 Å². The quantitative estimate of drug-likeness (QED) is 0.493. The fourth-order valence-electron chi connectivity index (χ4n) is 3.90. The van der Waals surface area contributed by atoms with E-state index in [4.69, 9.17) is 0 Å². The molecule has 0 aliphatic carbocycles. The van der Waals surface area contributed by atoms with Crippen molar-refractivity contribution in [2.45, 2.75) is 18.9 Å². The van der Waals surface area contributed by atoms with Crippen molar-refractivity contribution in [1.29, 1.82) is 0 Å². The molecule has 0 spiro atoms. The Labute approximate surface area is 197 Å². The molecule has 1 amide bonds. The molecular formula is C25H34N4O3S. The fraction of sp³-hybridized carbons (Fsp3) is 0.400. The molecule has 1 unspecified atom stereocenters. The average molecular weight is 471 g/mol. The van der Waals surface area contributed by atoms with E-state index in [0.717, 1.165) is 43.6 Å². The van der Waals surface area contributed by atoms with Crippen LogP contribution in [-0.4, -0.2) is 70.4 Å². The van der Waals surface area contributed by atoms with Crippen LogP contribution < -0.4 is 10.0 Å². The molecule has 0 radical (unpaired) electrons. The van der Waals surface area contributed by atoms with Crippen LogP contribution in [0.5, 0.6) is 0 Å². The number of piperazine rings is 1. The normalized spacial score (nSPS) is 17.9. The Morgan fingerprint density at radius 1 is 1.03 bits per heavy atom. The van der Waals surface area contributed by atoms with Crippen molar-refractivity contribution in [3.8, 4) is 0 Å². The van der Waals surface area contributed by atoms with E-state index in [9.17, 15) is 13.2 Å². The van der Waals surface area contributed by atoms with Gasteiger partial charge >= 0.3 is 0 Å². The summed E-state index contributed by atoms with van der Waals surface area (Å²) in [5.74, 6) is -0.150. The summed E-state index contributed by atoms with van der Waals surface area (Å²) in [4.78, 5) is 16.9. The molecular weight excluding hydrogens is 436 g/mol. The maximum atomic E-state index is 12.1. The highest BCUT2D eigenvalue weighted by molar-refractivity contribution is 7.92. The minimum absolute atomic E-state index is 0.0713. The van der Waals surface area contributed by atoms with Crippen molar-refractivity contribution in [1.82, 2.24) is 19.8 Å². The van der Waals surface area contributed by atoms with Crippen LogP contribution in [0.2, 0.25) is 0 Å². The molecule has 0 saturated carbocycles. The summed E-state index contributed by atoms with van der Waals surface area (Å²) < 4.78 is 26.5. The number of amides is 1. The summed E-state index contributed by atoms with van der Waals surface area (Å²) in [6.07, 6.45) is 2.49. The van der Waals surface area contributed by atoms with Crippen molar-refractivity contribution < 1.29 is 13.2 Å². The molecule has 0 bridgehead atoms. The molecule has 178 valence electrons. The Morgan fingerprint density at radius 3 is 2.45 bits per heavy atom. The van der Waals surface area contributed by atoms with Crippen molar-refractivity contribution in [2.75, 3.05) is 46.3 Å². The van der Waals surface area contributed by atoms with Gasteiger partial charge in [0.25, 0.3) is 0 Å². The Bertz CT molecular complexity index is 997. The van der Waals surface area contributed by atoms with Gasteiger partial charge in [-0.25, -0.2) is 13.1 Å². The summed E-state index contributed by atoms with van der Waals surface area (Å²) in [7, 11) is -1.42. The molecule has 2 aromatic carbocycles. The Morgan fingerprint density at radius 2 is 1.73 bits per heavy atom. The van der Waals surface area contributed by atoms with Crippen LogP contribution in [0.3, 0.4) is 0 Å². The number of nitrogens with one attached hydrogen (secondary N) is 2. The minimum Gasteiger partial charge on any atom is -0.356 e. The summed E-state index contributed by atoms with van der Waals surface area (Å²) in [6.45, 7) is 4.59. The lowest BCUT2D eigenvalue weighted by Crippen LogP contribution is -2.47. The first-order valence-electron chi connectivity index (χ1n) is 11.4. The zero-order valence-electron chi connectivity index (χ0n) is 19.2. The van der Waals surface area contributed by atoms with Crippen LogP contribution >= 0.6 is 0 Å². The predicted octanol–water partition coefficient (Wildman–Crippen LogP) is 2.46. The number of carbonyl (C=O) groups excluding carboxylic acids is 1. The Kier molecular flexibility index (Phi) is 9.62. The van der Waals surface area contributed by atoms with Crippen molar-refractivity contribution >= 4 is 22.0 Å². The largest absolute Gasteiger partial charge is 0.356 e. The average Bonchev–Trinajstić information content (AvgIpc) is 2.82. The molecule has 1 aliphatic rings. The molecule has 1 saturated heterocycles. The number of hydrogen-bond acceptors (Lipinski definition) is 5. The summed E-state index contributed by atoms with van der Waals surface area (Å²) in [6, 6.07) is 20.1. The molecule has 1 fully saturated rings. The molecule has 2 aromatic rings. The number of hydrogen-bond donors (Lipinski definition) is 2.